The van der Waals surface area contributed by atoms with Gasteiger partial charge in [-0.15, -0.1) is 0 Å². The summed E-state index contributed by atoms with van der Waals surface area (Å²) < 4.78 is 16.5. The molecule has 5 nitrogen and oxygen atoms in total. The quantitative estimate of drug-likeness (QED) is 0.851. The van der Waals surface area contributed by atoms with Crippen LogP contribution >= 0.6 is 0 Å². The van der Waals surface area contributed by atoms with Gasteiger partial charge in [-0.25, -0.2) is 0 Å². The van der Waals surface area contributed by atoms with E-state index in [4.69, 9.17) is 14.2 Å². The number of carbonyl (C=O) groups is 1. The molecule has 0 radical (unpaired) electrons. The van der Waals surface area contributed by atoms with Crippen molar-refractivity contribution >= 4 is 5.91 Å². The van der Waals surface area contributed by atoms with Crippen molar-refractivity contribution in [3.63, 3.8) is 0 Å². The highest BCUT2D eigenvalue weighted by molar-refractivity contribution is 5.78. The maximum atomic E-state index is 12.5. The maximum absolute atomic E-state index is 12.5. The Balaban J connectivity index is 1.66. The number of hydrogen-bond acceptors (Lipinski definition) is 4. The lowest BCUT2D eigenvalue weighted by molar-refractivity contribution is -0.138. The van der Waals surface area contributed by atoms with Crippen LogP contribution in [-0.2, 0) is 9.53 Å². The number of carbonyl (C=O) groups excluding carboxylic acids is 1. The van der Waals surface area contributed by atoms with E-state index in [-0.39, 0.29) is 18.7 Å². The van der Waals surface area contributed by atoms with E-state index in [9.17, 15) is 4.79 Å². The van der Waals surface area contributed by atoms with Crippen LogP contribution in [0.2, 0.25) is 0 Å². The molecule has 2 aromatic rings. The monoisotopic (exact) mass is 313 g/mol. The first-order chi connectivity index (χ1) is 11.3. The molecule has 1 saturated heterocycles. The lowest BCUT2D eigenvalue weighted by Gasteiger charge is -2.23. The Labute approximate surface area is 135 Å². The first-order valence-electron chi connectivity index (χ1n) is 7.51. The summed E-state index contributed by atoms with van der Waals surface area (Å²) in [5.41, 5.74) is 0.968. The van der Waals surface area contributed by atoms with E-state index in [1.165, 1.54) is 0 Å². The average Bonchev–Trinajstić information content (AvgIpc) is 3.10. The molecule has 120 valence electrons. The third kappa shape index (κ3) is 3.46. The summed E-state index contributed by atoms with van der Waals surface area (Å²) in [7, 11) is 1.57. The van der Waals surface area contributed by atoms with Crippen molar-refractivity contribution in [3.8, 4) is 11.5 Å². The van der Waals surface area contributed by atoms with Gasteiger partial charge in [0.2, 0.25) is 0 Å². The molecule has 2 aromatic carbocycles. The Kier molecular flexibility index (Phi) is 4.78. The summed E-state index contributed by atoms with van der Waals surface area (Å²) in [4.78, 5) is 14.2. The normalized spacial score (nSPS) is 17.1. The summed E-state index contributed by atoms with van der Waals surface area (Å²) >= 11 is 0. The van der Waals surface area contributed by atoms with E-state index in [0.717, 1.165) is 5.56 Å². The fourth-order valence-corrected chi connectivity index (χ4v) is 2.58. The average molecular weight is 313 g/mol. The van der Waals surface area contributed by atoms with Crippen LogP contribution in [-0.4, -0.2) is 37.7 Å². The molecule has 1 atom stereocenters. The number of amides is 1. The summed E-state index contributed by atoms with van der Waals surface area (Å²) in [6.45, 7) is 1.04. The van der Waals surface area contributed by atoms with Gasteiger partial charge >= 0.3 is 0 Å². The van der Waals surface area contributed by atoms with Gasteiger partial charge in [0.15, 0.2) is 24.3 Å². The van der Waals surface area contributed by atoms with Gasteiger partial charge in [-0.3, -0.25) is 4.79 Å². The third-order valence-electron chi connectivity index (χ3n) is 3.72. The predicted octanol–water partition coefficient (Wildman–Crippen LogP) is 2.63. The van der Waals surface area contributed by atoms with Crippen molar-refractivity contribution < 1.29 is 19.0 Å². The number of rotatable bonds is 5. The Bertz CT molecular complexity index is 659. The lowest BCUT2D eigenvalue weighted by Crippen LogP contribution is -2.35. The fraction of sp³-hybridized carbons (Fsp3) is 0.278. The summed E-state index contributed by atoms with van der Waals surface area (Å²) in [5, 5.41) is 0. The van der Waals surface area contributed by atoms with Crippen molar-refractivity contribution in [2.45, 2.75) is 6.23 Å². The van der Waals surface area contributed by atoms with Gasteiger partial charge in [0, 0.05) is 12.1 Å². The molecule has 1 aliphatic rings. The molecular weight excluding hydrogens is 294 g/mol. The zero-order chi connectivity index (χ0) is 16.1. The number of ether oxygens (including phenoxy) is 3. The second-order valence-electron chi connectivity index (χ2n) is 5.16. The Morgan fingerprint density at radius 2 is 1.83 bits per heavy atom. The molecular formula is C18H19NO4. The molecule has 0 aliphatic carbocycles. The van der Waals surface area contributed by atoms with E-state index < -0.39 is 0 Å². The molecule has 0 aromatic heterocycles. The van der Waals surface area contributed by atoms with E-state index in [1.807, 2.05) is 42.5 Å². The van der Waals surface area contributed by atoms with Crippen molar-refractivity contribution in [2.24, 2.45) is 0 Å². The molecule has 0 bridgehead atoms. The van der Waals surface area contributed by atoms with Crippen LogP contribution in [0.25, 0.3) is 0 Å². The van der Waals surface area contributed by atoms with Gasteiger partial charge in [0.25, 0.3) is 5.91 Å². The number of hydrogen-bond donors (Lipinski definition) is 0. The predicted molar refractivity (Wildman–Crippen MR) is 85.3 cm³/mol. The van der Waals surface area contributed by atoms with Crippen LogP contribution < -0.4 is 9.47 Å². The minimum atomic E-state index is -0.343. The molecule has 1 aliphatic heterocycles. The lowest BCUT2D eigenvalue weighted by atomic mass is 10.2. The fourth-order valence-electron chi connectivity index (χ4n) is 2.58. The Morgan fingerprint density at radius 1 is 1.13 bits per heavy atom. The minimum Gasteiger partial charge on any atom is -0.493 e. The smallest absolute Gasteiger partial charge is 0.262 e. The molecule has 3 rings (SSSR count). The SMILES string of the molecule is COc1ccccc1OCC(=O)N1CCOC1c1ccccc1. The molecule has 0 saturated carbocycles. The van der Waals surface area contributed by atoms with Gasteiger partial charge in [0.05, 0.1) is 13.7 Å². The van der Waals surface area contributed by atoms with Crippen LogP contribution in [0, 0.1) is 0 Å². The number of methoxy groups -OCH3 is 1. The van der Waals surface area contributed by atoms with Crippen LogP contribution in [0.1, 0.15) is 11.8 Å². The molecule has 1 amide bonds. The van der Waals surface area contributed by atoms with E-state index in [0.29, 0.717) is 24.7 Å². The van der Waals surface area contributed by atoms with Crippen LogP contribution in [0.3, 0.4) is 0 Å². The minimum absolute atomic E-state index is 0.0485. The molecule has 1 heterocycles. The second kappa shape index (κ2) is 7.15. The van der Waals surface area contributed by atoms with Gasteiger partial charge < -0.3 is 19.1 Å². The number of benzene rings is 2. The van der Waals surface area contributed by atoms with Crippen molar-refractivity contribution in [2.75, 3.05) is 26.9 Å². The first kappa shape index (κ1) is 15.4. The molecule has 1 unspecified atom stereocenters. The highest BCUT2D eigenvalue weighted by Gasteiger charge is 2.31. The van der Waals surface area contributed by atoms with Crippen molar-refractivity contribution in [3.05, 3.63) is 60.2 Å². The summed E-state index contributed by atoms with van der Waals surface area (Å²) in [6.07, 6.45) is -0.343. The highest BCUT2D eigenvalue weighted by atomic mass is 16.5. The first-order valence-corrected chi connectivity index (χ1v) is 7.51. The zero-order valence-electron chi connectivity index (χ0n) is 13.0. The number of para-hydroxylation sites is 2. The standard InChI is InChI=1S/C18H19NO4/c1-21-15-9-5-6-10-16(15)23-13-17(20)19-11-12-22-18(19)14-7-3-2-4-8-14/h2-10,18H,11-13H2,1H3. The highest BCUT2D eigenvalue weighted by Crippen LogP contribution is 2.28. The summed E-state index contributed by atoms with van der Waals surface area (Å²) in [6, 6.07) is 17.0. The van der Waals surface area contributed by atoms with Crippen LogP contribution in [0.15, 0.2) is 54.6 Å². The van der Waals surface area contributed by atoms with Crippen molar-refractivity contribution in [1.29, 1.82) is 0 Å². The molecule has 23 heavy (non-hydrogen) atoms. The number of nitrogens with zero attached hydrogens (tertiary/aromatic N) is 1. The van der Waals surface area contributed by atoms with E-state index in [1.54, 1.807) is 24.1 Å². The largest absolute Gasteiger partial charge is 0.493 e. The van der Waals surface area contributed by atoms with Crippen molar-refractivity contribution in [1.82, 2.24) is 4.90 Å². The van der Waals surface area contributed by atoms with Gasteiger partial charge in [-0.1, -0.05) is 42.5 Å². The third-order valence-corrected chi connectivity index (χ3v) is 3.72. The Morgan fingerprint density at radius 3 is 2.57 bits per heavy atom. The molecule has 5 heteroatoms. The van der Waals surface area contributed by atoms with E-state index in [2.05, 4.69) is 0 Å². The maximum Gasteiger partial charge on any atom is 0.262 e. The molecule has 1 fully saturated rings. The molecule has 0 spiro atoms. The topological polar surface area (TPSA) is 48.0 Å². The van der Waals surface area contributed by atoms with Crippen LogP contribution in [0.5, 0.6) is 11.5 Å². The van der Waals surface area contributed by atoms with Gasteiger partial charge in [-0.2, -0.15) is 0 Å². The van der Waals surface area contributed by atoms with E-state index >= 15 is 0 Å². The summed E-state index contributed by atoms with van der Waals surface area (Å²) in [5.74, 6) is 1.06. The van der Waals surface area contributed by atoms with Gasteiger partial charge in [0.1, 0.15) is 0 Å². The zero-order valence-corrected chi connectivity index (χ0v) is 13.0. The van der Waals surface area contributed by atoms with Crippen LogP contribution in [0.4, 0.5) is 0 Å². The Hall–Kier alpha value is -2.53. The second-order valence-corrected chi connectivity index (χ2v) is 5.16. The van der Waals surface area contributed by atoms with Gasteiger partial charge in [-0.05, 0) is 12.1 Å². The molecule has 0 N–H and O–H groups in total.